The van der Waals surface area contributed by atoms with Gasteiger partial charge in [0.2, 0.25) is 0 Å². The molecule has 176 valence electrons. The summed E-state index contributed by atoms with van der Waals surface area (Å²) in [6, 6.07) is 24.2. The molecule has 1 N–H and O–H groups in total. The Balaban J connectivity index is 2.22. The minimum Gasteiger partial charge on any atom is -0.507 e. The van der Waals surface area contributed by atoms with Crippen LogP contribution in [0.3, 0.4) is 0 Å². The van der Waals surface area contributed by atoms with E-state index in [-0.39, 0.29) is 21.5 Å². The van der Waals surface area contributed by atoms with Crippen LogP contribution in [0.5, 0.6) is 5.75 Å². The lowest BCUT2D eigenvalue weighted by molar-refractivity contribution is 0.423. The van der Waals surface area contributed by atoms with Crippen LogP contribution >= 0.6 is 11.8 Å². The van der Waals surface area contributed by atoms with Gasteiger partial charge in [0.1, 0.15) is 5.75 Å². The van der Waals surface area contributed by atoms with E-state index >= 15 is 0 Å². The summed E-state index contributed by atoms with van der Waals surface area (Å²) >= 11 is 1.87. The Bertz CT molecular complexity index is 1040. The second kappa shape index (κ2) is 9.22. The Hall–Kier alpha value is -2.19. The minimum atomic E-state index is -0.155. The van der Waals surface area contributed by atoms with E-state index in [4.69, 9.17) is 0 Å². The van der Waals surface area contributed by atoms with Gasteiger partial charge in [-0.1, -0.05) is 117 Å². The first-order valence-corrected chi connectivity index (χ1v) is 12.8. The van der Waals surface area contributed by atoms with Crippen LogP contribution in [0.2, 0.25) is 0 Å². The predicted molar refractivity (Wildman–Crippen MR) is 145 cm³/mol. The maximum atomic E-state index is 11.2. The summed E-state index contributed by atoms with van der Waals surface area (Å²) in [6.45, 7) is 19.8. The van der Waals surface area contributed by atoms with Gasteiger partial charge >= 0.3 is 0 Å². The molecule has 0 aromatic heterocycles. The largest absolute Gasteiger partial charge is 0.507 e. The zero-order valence-electron chi connectivity index (χ0n) is 21.8. The van der Waals surface area contributed by atoms with Crippen LogP contribution < -0.4 is 0 Å². The average molecular weight is 461 g/mol. The van der Waals surface area contributed by atoms with Crippen molar-refractivity contribution in [3.8, 4) is 5.75 Å². The topological polar surface area (TPSA) is 20.2 Å². The molecule has 2 heteroatoms. The number of hydrogen-bond acceptors (Lipinski definition) is 2. The highest BCUT2D eigenvalue weighted by molar-refractivity contribution is 7.99. The van der Waals surface area contributed by atoms with Gasteiger partial charge in [-0.05, 0) is 56.2 Å². The maximum Gasteiger partial charge on any atom is 0.123 e. The lowest BCUT2D eigenvalue weighted by atomic mass is 9.77. The molecule has 33 heavy (non-hydrogen) atoms. The van der Waals surface area contributed by atoms with Crippen molar-refractivity contribution in [1.82, 2.24) is 0 Å². The van der Waals surface area contributed by atoms with Gasteiger partial charge in [0.25, 0.3) is 0 Å². The van der Waals surface area contributed by atoms with Gasteiger partial charge < -0.3 is 5.11 Å². The molecule has 3 aromatic carbocycles. The first-order chi connectivity index (χ1) is 15.2. The number of phenolic OH excluding ortho intramolecular Hbond substituents is 1. The van der Waals surface area contributed by atoms with E-state index in [1.165, 1.54) is 21.6 Å². The molecule has 0 aliphatic rings. The average Bonchev–Trinajstić information content (AvgIpc) is 2.71. The van der Waals surface area contributed by atoms with E-state index in [0.29, 0.717) is 5.75 Å². The van der Waals surface area contributed by atoms with E-state index in [9.17, 15) is 5.11 Å². The normalized spacial score (nSPS) is 13.7. The van der Waals surface area contributed by atoms with Crippen LogP contribution in [0.4, 0.5) is 0 Å². The molecular weight excluding hydrogens is 420 g/mol. The third-order valence-electron chi connectivity index (χ3n) is 6.13. The SMILES string of the molecule is CC(C)(C)c1ccc(C(Sc2ccccc2)c2cc(C(C)(C)C)c(O)c(C(C)(C)C)c2)cc1. The van der Waals surface area contributed by atoms with E-state index in [1.54, 1.807) is 0 Å². The number of rotatable bonds is 4. The molecule has 0 aliphatic carbocycles. The predicted octanol–water partition coefficient (Wildman–Crippen LogP) is 9.17. The van der Waals surface area contributed by atoms with E-state index in [1.807, 2.05) is 11.8 Å². The number of phenols is 1. The molecular formula is C31H40OS. The Morgan fingerprint density at radius 1 is 0.606 bits per heavy atom. The summed E-state index contributed by atoms with van der Waals surface area (Å²) in [5, 5.41) is 11.4. The van der Waals surface area contributed by atoms with E-state index < -0.39 is 0 Å². The van der Waals surface area contributed by atoms with Crippen LogP contribution in [0.25, 0.3) is 0 Å². The van der Waals surface area contributed by atoms with Gasteiger partial charge in [-0.25, -0.2) is 0 Å². The first-order valence-electron chi connectivity index (χ1n) is 11.9. The molecule has 0 spiro atoms. The quantitative estimate of drug-likeness (QED) is 0.392. The van der Waals surface area contributed by atoms with Crippen LogP contribution in [-0.2, 0) is 16.2 Å². The van der Waals surface area contributed by atoms with Crippen molar-refractivity contribution in [2.75, 3.05) is 0 Å². The summed E-state index contributed by atoms with van der Waals surface area (Å²) in [4.78, 5) is 1.24. The van der Waals surface area contributed by atoms with E-state index in [0.717, 1.165) is 11.1 Å². The zero-order chi connectivity index (χ0) is 24.6. The van der Waals surface area contributed by atoms with Gasteiger partial charge in [-0.3, -0.25) is 0 Å². The van der Waals surface area contributed by atoms with Crippen LogP contribution in [-0.4, -0.2) is 5.11 Å². The van der Waals surface area contributed by atoms with Crippen molar-refractivity contribution < 1.29 is 5.11 Å². The monoisotopic (exact) mass is 460 g/mol. The molecule has 3 rings (SSSR count). The molecule has 3 aromatic rings. The fourth-order valence-corrected chi connectivity index (χ4v) is 5.23. The molecule has 0 fully saturated rings. The van der Waals surface area contributed by atoms with Crippen molar-refractivity contribution in [2.24, 2.45) is 0 Å². The molecule has 1 atom stereocenters. The highest BCUT2D eigenvalue weighted by atomic mass is 32.2. The highest BCUT2D eigenvalue weighted by Crippen LogP contribution is 2.46. The standard InChI is InChI=1S/C31H40OS/c1-29(2,3)23-17-15-21(16-18-23)28(33-24-13-11-10-12-14-24)22-19-25(30(4,5)6)27(32)26(20-22)31(7,8)9/h10-20,28,32H,1-9H3. The lowest BCUT2D eigenvalue weighted by Gasteiger charge is -2.30. The third kappa shape index (κ3) is 6.03. The second-order valence-electron chi connectivity index (χ2n) is 12.1. The molecule has 1 unspecified atom stereocenters. The zero-order valence-corrected chi connectivity index (χ0v) is 22.6. The van der Waals surface area contributed by atoms with Gasteiger partial charge in [0.05, 0.1) is 5.25 Å². The smallest absolute Gasteiger partial charge is 0.123 e. The van der Waals surface area contributed by atoms with Crippen molar-refractivity contribution in [3.05, 3.63) is 94.5 Å². The summed E-state index contributed by atoms with van der Waals surface area (Å²) in [7, 11) is 0. The Morgan fingerprint density at radius 3 is 1.52 bits per heavy atom. The molecule has 0 saturated heterocycles. The molecule has 0 saturated carbocycles. The fraction of sp³-hybridized carbons (Fsp3) is 0.419. The fourth-order valence-electron chi connectivity index (χ4n) is 4.07. The number of benzene rings is 3. The summed E-state index contributed by atoms with van der Waals surface area (Å²) in [5.74, 6) is 0.435. The molecule has 0 amide bonds. The molecule has 1 nitrogen and oxygen atoms in total. The maximum absolute atomic E-state index is 11.2. The van der Waals surface area contributed by atoms with Gasteiger partial charge in [-0.2, -0.15) is 0 Å². The van der Waals surface area contributed by atoms with E-state index in [2.05, 4.69) is 129 Å². The number of thioether (sulfide) groups is 1. The molecule has 0 bridgehead atoms. The Labute approximate surface area is 205 Å². The number of aromatic hydroxyl groups is 1. The van der Waals surface area contributed by atoms with Crippen molar-refractivity contribution in [1.29, 1.82) is 0 Å². The molecule has 0 heterocycles. The Morgan fingerprint density at radius 2 is 1.09 bits per heavy atom. The summed E-state index contributed by atoms with van der Waals surface area (Å²) in [6.07, 6.45) is 0. The minimum absolute atomic E-state index is 0.123. The Kier molecular flexibility index (Phi) is 7.10. The van der Waals surface area contributed by atoms with Gasteiger partial charge in [-0.15, -0.1) is 11.8 Å². The highest BCUT2D eigenvalue weighted by Gasteiger charge is 2.29. The molecule has 0 aliphatic heterocycles. The summed E-state index contributed by atoms with van der Waals surface area (Å²) < 4.78 is 0. The second-order valence-corrected chi connectivity index (χ2v) is 13.3. The van der Waals surface area contributed by atoms with Crippen molar-refractivity contribution >= 4 is 11.8 Å². The number of hydrogen-bond donors (Lipinski definition) is 1. The molecule has 0 radical (unpaired) electrons. The summed E-state index contributed by atoms with van der Waals surface area (Å²) in [5.41, 5.74) is 5.69. The van der Waals surface area contributed by atoms with Crippen LogP contribution in [0, 0.1) is 0 Å². The first kappa shape index (κ1) is 25.4. The van der Waals surface area contributed by atoms with Crippen molar-refractivity contribution in [3.63, 3.8) is 0 Å². The lowest BCUT2D eigenvalue weighted by Crippen LogP contribution is -2.18. The van der Waals surface area contributed by atoms with Crippen LogP contribution in [0.1, 0.15) is 95.4 Å². The third-order valence-corrected chi connectivity index (χ3v) is 7.45. The van der Waals surface area contributed by atoms with Crippen LogP contribution in [0.15, 0.2) is 71.6 Å². The van der Waals surface area contributed by atoms with Gasteiger partial charge in [0.15, 0.2) is 0 Å². The van der Waals surface area contributed by atoms with Gasteiger partial charge in [0, 0.05) is 4.90 Å². The van der Waals surface area contributed by atoms with Crippen molar-refractivity contribution in [2.45, 2.75) is 88.7 Å².